The minimum absolute atomic E-state index is 0.478. The summed E-state index contributed by atoms with van der Waals surface area (Å²) >= 11 is 0. The Morgan fingerprint density at radius 1 is 1.13 bits per heavy atom. The van der Waals surface area contributed by atoms with Crippen LogP contribution in [0.4, 0.5) is 0 Å². The minimum Gasteiger partial charge on any atom is -0.454 e. The molecule has 72 valence electrons. The molecule has 0 aliphatic heterocycles. The lowest BCUT2D eigenvalue weighted by molar-refractivity contribution is 0.478. The highest BCUT2D eigenvalue weighted by molar-refractivity contribution is 5.42. The molecule has 0 spiro atoms. The number of benzene rings is 1. The number of nitriles is 1. The quantitative estimate of drug-likeness (QED) is 0.741. The van der Waals surface area contributed by atoms with E-state index < -0.39 is 0 Å². The zero-order valence-electron chi connectivity index (χ0n) is 7.92. The van der Waals surface area contributed by atoms with Crippen molar-refractivity contribution in [3.8, 4) is 17.6 Å². The van der Waals surface area contributed by atoms with Crippen LogP contribution in [-0.2, 0) is 0 Å². The van der Waals surface area contributed by atoms with Gasteiger partial charge in [-0.3, -0.25) is 4.98 Å². The SMILES string of the molecule is N#Cc1ccncc1Oc1ccccc1. The molecule has 0 saturated carbocycles. The zero-order valence-corrected chi connectivity index (χ0v) is 7.92. The molecule has 0 aliphatic carbocycles. The van der Waals surface area contributed by atoms with Crippen LogP contribution in [0.25, 0.3) is 0 Å². The molecule has 0 bridgehead atoms. The molecule has 0 fully saturated rings. The standard InChI is InChI=1S/C12H8N2O/c13-8-10-6-7-14-9-12(10)15-11-4-2-1-3-5-11/h1-7,9H. The molecule has 0 radical (unpaired) electrons. The van der Waals surface area contributed by atoms with Crippen molar-refractivity contribution in [2.75, 3.05) is 0 Å². The normalized spacial score (nSPS) is 9.27. The Labute approximate surface area is 87.6 Å². The molecular formula is C12H8N2O. The highest BCUT2D eigenvalue weighted by Crippen LogP contribution is 2.22. The highest BCUT2D eigenvalue weighted by atomic mass is 16.5. The van der Waals surface area contributed by atoms with Gasteiger partial charge in [0, 0.05) is 6.20 Å². The molecule has 0 saturated heterocycles. The van der Waals surface area contributed by atoms with Gasteiger partial charge in [-0.25, -0.2) is 0 Å². The van der Waals surface area contributed by atoms with Gasteiger partial charge < -0.3 is 4.74 Å². The van der Waals surface area contributed by atoms with E-state index in [1.807, 2.05) is 30.3 Å². The van der Waals surface area contributed by atoms with Gasteiger partial charge >= 0.3 is 0 Å². The number of hydrogen-bond acceptors (Lipinski definition) is 3. The van der Waals surface area contributed by atoms with Gasteiger partial charge in [0.1, 0.15) is 11.8 Å². The summed E-state index contributed by atoms with van der Waals surface area (Å²) in [6, 6.07) is 13.0. The van der Waals surface area contributed by atoms with Crippen LogP contribution in [0.1, 0.15) is 5.56 Å². The Morgan fingerprint density at radius 3 is 2.67 bits per heavy atom. The van der Waals surface area contributed by atoms with E-state index in [-0.39, 0.29) is 0 Å². The maximum Gasteiger partial charge on any atom is 0.163 e. The number of nitrogens with zero attached hydrogens (tertiary/aromatic N) is 2. The van der Waals surface area contributed by atoms with Crippen LogP contribution in [0, 0.1) is 11.3 Å². The van der Waals surface area contributed by atoms with Crippen LogP contribution in [0.2, 0.25) is 0 Å². The average molecular weight is 196 g/mol. The second kappa shape index (κ2) is 4.25. The Bertz CT molecular complexity index is 488. The van der Waals surface area contributed by atoms with Crippen molar-refractivity contribution in [3.63, 3.8) is 0 Å². The van der Waals surface area contributed by atoms with Crippen molar-refractivity contribution in [1.29, 1.82) is 5.26 Å². The Kier molecular flexibility index (Phi) is 2.61. The molecule has 0 atom stereocenters. The summed E-state index contributed by atoms with van der Waals surface area (Å²) in [6.07, 6.45) is 3.10. The molecule has 3 heteroatoms. The average Bonchev–Trinajstić information content (AvgIpc) is 2.31. The van der Waals surface area contributed by atoms with Crippen molar-refractivity contribution in [1.82, 2.24) is 4.98 Å². The van der Waals surface area contributed by atoms with E-state index in [0.29, 0.717) is 17.1 Å². The molecule has 1 aromatic carbocycles. The van der Waals surface area contributed by atoms with E-state index in [2.05, 4.69) is 11.1 Å². The number of pyridine rings is 1. The first-order chi connectivity index (χ1) is 7.40. The highest BCUT2D eigenvalue weighted by Gasteiger charge is 2.02. The first-order valence-electron chi connectivity index (χ1n) is 4.47. The van der Waals surface area contributed by atoms with E-state index in [1.165, 1.54) is 6.20 Å². The predicted molar refractivity (Wildman–Crippen MR) is 55.5 cm³/mol. The Balaban J connectivity index is 2.29. The third-order valence-corrected chi connectivity index (χ3v) is 1.88. The van der Waals surface area contributed by atoms with E-state index in [9.17, 15) is 0 Å². The molecular weight excluding hydrogens is 188 g/mol. The van der Waals surface area contributed by atoms with Gasteiger partial charge in [-0.15, -0.1) is 0 Å². The van der Waals surface area contributed by atoms with Gasteiger partial charge in [0.05, 0.1) is 11.8 Å². The molecule has 2 aromatic rings. The van der Waals surface area contributed by atoms with Gasteiger partial charge in [0.15, 0.2) is 5.75 Å². The zero-order chi connectivity index (χ0) is 10.5. The molecule has 15 heavy (non-hydrogen) atoms. The van der Waals surface area contributed by atoms with Gasteiger partial charge in [-0.2, -0.15) is 5.26 Å². The Hall–Kier alpha value is -2.34. The summed E-state index contributed by atoms with van der Waals surface area (Å²) in [5.74, 6) is 1.17. The van der Waals surface area contributed by atoms with Crippen molar-refractivity contribution >= 4 is 0 Å². The van der Waals surface area contributed by atoms with Gasteiger partial charge in [0.25, 0.3) is 0 Å². The molecule has 0 N–H and O–H groups in total. The first-order valence-corrected chi connectivity index (χ1v) is 4.47. The van der Waals surface area contributed by atoms with Gasteiger partial charge in [-0.05, 0) is 18.2 Å². The smallest absolute Gasteiger partial charge is 0.163 e. The number of rotatable bonds is 2. The van der Waals surface area contributed by atoms with Crippen LogP contribution >= 0.6 is 0 Å². The topological polar surface area (TPSA) is 45.9 Å². The van der Waals surface area contributed by atoms with Crippen LogP contribution < -0.4 is 4.74 Å². The van der Waals surface area contributed by atoms with Crippen molar-refractivity contribution in [3.05, 3.63) is 54.4 Å². The molecule has 1 heterocycles. The summed E-state index contributed by atoms with van der Waals surface area (Å²) < 4.78 is 5.52. The third kappa shape index (κ3) is 2.12. The molecule has 3 nitrogen and oxygen atoms in total. The van der Waals surface area contributed by atoms with Crippen LogP contribution in [0.15, 0.2) is 48.8 Å². The van der Waals surface area contributed by atoms with Crippen LogP contribution in [0.5, 0.6) is 11.5 Å². The fraction of sp³-hybridized carbons (Fsp3) is 0. The first kappa shape index (κ1) is 9.22. The van der Waals surface area contributed by atoms with Crippen molar-refractivity contribution < 1.29 is 4.74 Å². The maximum atomic E-state index is 8.84. The summed E-state index contributed by atoms with van der Waals surface area (Å²) in [5.41, 5.74) is 0.480. The fourth-order valence-electron chi connectivity index (χ4n) is 1.17. The fourth-order valence-corrected chi connectivity index (χ4v) is 1.17. The summed E-state index contributed by atoms with van der Waals surface area (Å²) in [6.45, 7) is 0. The summed E-state index contributed by atoms with van der Waals surface area (Å²) in [4.78, 5) is 3.91. The second-order valence-corrected chi connectivity index (χ2v) is 2.90. The van der Waals surface area contributed by atoms with Crippen LogP contribution in [0.3, 0.4) is 0 Å². The summed E-state index contributed by atoms with van der Waals surface area (Å²) in [7, 11) is 0. The summed E-state index contributed by atoms with van der Waals surface area (Å²) in [5, 5.41) is 8.84. The number of hydrogen-bond donors (Lipinski definition) is 0. The van der Waals surface area contributed by atoms with E-state index in [1.54, 1.807) is 12.3 Å². The van der Waals surface area contributed by atoms with Gasteiger partial charge in [0.2, 0.25) is 0 Å². The molecule has 1 aromatic heterocycles. The lowest BCUT2D eigenvalue weighted by atomic mass is 10.3. The number of ether oxygens (including phenoxy) is 1. The third-order valence-electron chi connectivity index (χ3n) is 1.88. The number of aromatic nitrogens is 1. The second-order valence-electron chi connectivity index (χ2n) is 2.90. The largest absolute Gasteiger partial charge is 0.454 e. The lowest BCUT2D eigenvalue weighted by Crippen LogP contribution is -1.88. The van der Waals surface area contributed by atoms with E-state index in [4.69, 9.17) is 10.00 Å². The van der Waals surface area contributed by atoms with Crippen LogP contribution in [-0.4, -0.2) is 4.98 Å². The molecule has 0 aliphatic rings. The van der Waals surface area contributed by atoms with E-state index in [0.717, 1.165) is 0 Å². The van der Waals surface area contributed by atoms with E-state index >= 15 is 0 Å². The monoisotopic (exact) mass is 196 g/mol. The molecule has 2 rings (SSSR count). The van der Waals surface area contributed by atoms with Gasteiger partial charge in [-0.1, -0.05) is 18.2 Å². The van der Waals surface area contributed by atoms with Crippen molar-refractivity contribution in [2.24, 2.45) is 0 Å². The molecule has 0 unspecified atom stereocenters. The lowest BCUT2D eigenvalue weighted by Gasteiger charge is -2.05. The number of para-hydroxylation sites is 1. The predicted octanol–water partition coefficient (Wildman–Crippen LogP) is 2.75. The Morgan fingerprint density at radius 2 is 1.93 bits per heavy atom. The maximum absolute atomic E-state index is 8.84. The molecule has 0 amide bonds. The van der Waals surface area contributed by atoms with Crippen molar-refractivity contribution in [2.45, 2.75) is 0 Å². The minimum atomic E-state index is 0.478.